The molecule has 0 aliphatic heterocycles. The molecule has 0 aliphatic carbocycles. The summed E-state index contributed by atoms with van der Waals surface area (Å²) in [5, 5.41) is 4.49. The summed E-state index contributed by atoms with van der Waals surface area (Å²) < 4.78 is 21.5. The normalized spacial score (nSPS) is 11.5. The molecule has 0 spiro atoms. The number of benzene rings is 6. The maximum atomic E-state index is 6.45. The first-order chi connectivity index (χ1) is 19.8. The van der Waals surface area contributed by atoms with Crippen LogP contribution in [-0.2, 0) is 0 Å². The molecule has 2 heterocycles. The fourth-order valence-corrected chi connectivity index (χ4v) is 6.63. The lowest BCUT2D eigenvalue weighted by Gasteiger charge is -2.13. The van der Waals surface area contributed by atoms with E-state index >= 15 is 0 Å². The Morgan fingerprint density at radius 3 is 1.80 bits per heavy atom. The molecule has 0 saturated heterocycles. The van der Waals surface area contributed by atoms with E-state index in [1.807, 2.05) is 78.9 Å². The number of para-hydroxylation sites is 3. The minimum absolute atomic E-state index is 0.691. The highest BCUT2D eigenvalue weighted by Crippen LogP contribution is 2.49. The molecule has 2 aromatic heterocycles. The molecule has 0 amide bonds. The predicted molar refractivity (Wildman–Crippen MR) is 165 cm³/mol. The predicted octanol–water partition coefficient (Wildman–Crippen LogP) is 11.2. The number of ether oxygens (including phenoxy) is 2. The van der Waals surface area contributed by atoms with Gasteiger partial charge in [-0.1, -0.05) is 72.8 Å². The molecule has 0 fully saturated rings. The van der Waals surface area contributed by atoms with Gasteiger partial charge in [0.1, 0.15) is 22.8 Å². The van der Waals surface area contributed by atoms with Gasteiger partial charge in [0.25, 0.3) is 0 Å². The molecule has 6 aromatic carbocycles. The molecular formula is C36H22O3S. The van der Waals surface area contributed by atoms with Gasteiger partial charge in [-0.25, -0.2) is 0 Å². The van der Waals surface area contributed by atoms with Crippen LogP contribution in [0.4, 0.5) is 0 Å². The van der Waals surface area contributed by atoms with E-state index in [1.54, 1.807) is 11.3 Å². The minimum atomic E-state index is 0.691. The lowest BCUT2D eigenvalue weighted by molar-refractivity contribution is 0.476. The molecule has 0 N–H and O–H groups in total. The molecule has 0 atom stereocenters. The maximum Gasteiger partial charge on any atom is 0.178 e. The SMILES string of the molecule is c1ccc(Oc2ccc(-c3ccc(Oc4ccccc4)c4sc5ccccc5c34)c3c2oc2ccccc23)cc1. The van der Waals surface area contributed by atoms with Crippen LogP contribution in [0.5, 0.6) is 23.0 Å². The van der Waals surface area contributed by atoms with Gasteiger partial charge in [-0.2, -0.15) is 0 Å². The standard InChI is InChI=1S/C36H22O3S/c1-3-11-23(12-4-1)37-30-21-19-25(33-27-15-7-9-17-29(27)39-35(30)33)26-20-22-31(38-24-13-5-2-6-14-24)36-34(26)28-16-8-10-18-32(28)40-36/h1-22H. The molecule has 0 radical (unpaired) electrons. The summed E-state index contributed by atoms with van der Waals surface area (Å²) in [6.07, 6.45) is 0. The second kappa shape index (κ2) is 9.30. The van der Waals surface area contributed by atoms with Crippen molar-refractivity contribution in [1.82, 2.24) is 0 Å². The first-order valence-electron chi connectivity index (χ1n) is 13.2. The van der Waals surface area contributed by atoms with Gasteiger partial charge < -0.3 is 13.9 Å². The fourth-order valence-electron chi connectivity index (χ4n) is 5.45. The Balaban J connectivity index is 1.40. The topological polar surface area (TPSA) is 31.6 Å². The minimum Gasteiger partial charge on any atom is -0.456 e. The van der Waals surface area contributed by atoms with Gasteiger partial charge in [-0.05, 0) is 71.8 Å². The van der Waals surface area contributed by atoms with E-state index in [-0.39, 0.29) is 0 Å². The first-order valence-corrected chi connectivity index (χ1v) is 14.0. The quantitative estimate of drug-likeness (QED) is 0.220. The number of rotatable bonds is 5. The number of furan rings is 1. The summed E-state index contributed by atoms with van der Waals surface area (Å²) in [7, 11) is 0. The third-order valence-corrected chi connectivity index (χ3v) is 8.40. The van der Waals surface area contributed by atoms with Crippen LogP contribution in [-0.4, -0.2) is 0 Å². The van der Waals surface area contributed by atoms with Crippen molar-refractivity contribution in [2.45, 2.75) is 0 Å². The van der Waals surface area contributed by atoms with E-state index in [2.05, 4.69) is 54.6 Å². The van der Waals surface area contributed by atoms with E-state index in [0.717, 1.165) is 55.0 Å². The average molecular weight is 535 g/mol. The largest absolute Gasteiger partial charge is 0.456 e. The molecule has 190 valence electrons. The van der Waals surface area contributed by atoms with Crippen LogP contribution < -0.4 is 9.47 Å². The Morgan fingerprint density at radius 1 is 0.475 bits per heavy atom. The summed E-state index contributed by atoms with van der Waals surface area (Å²) in [4.78, 5) is 0. The van der Waals surface area contributed by atoms with Gasteiger partial charge in [-0.15, -0.1) is 11.3 Å². The van der Waals surface area contributed by atoms with Crippen molar-refractivity contribution in [3.63, 3.8) is 0 Å². The van der Waals surface area contributed by atoms with Gasteiger partial charge in [-0.3, -0.25) is 0 Å². The summed E-state index contributed by atoms with van der Waals surface area (Å²) in [5.41, 5.74) is 3.80. The summed E-state index contributed by atoms with van der Waals surface area (Å²) in [6.45, 7) is 0. The van der Waals surface area contributed by atoms with Crippen LogP contribution in [0.3, 0.4) is 0 Å². The Labute approximate surface area is 234 Å². The molecule has 0 aliphatic rings. The second-order valence-corrected chi connectivity index (χ2v) is 10.7. The lowest BCUT2D eigenvalue weighted by Crippen LogP contribution is -1.89. The van der Waals surface area contributed by atoms with Crippen molar-refractivity contribution < 1.29 is 13.9 Å². The Kier molecular flexibility index (Phi) is 5.32. The third kappa shape index (κ3) is 3.73. The van der Waals surface area contributed by atoms with E-state index in [0.29, 0.717) is 5.75 Å². The van der Waals surface area contributed by atoms with Crippen molar-refractivity contribution in [3.8, 4) is 34.1 Å². The van der Waals surface area contributed by atoms with Crippen LogP contribution in [0.25, 0.3) is 53.2 Å². The molecular weight excluding hydrogens is 512 g/mol. The second-order valence-electron chi connectivity index (χ2n) is 9.66. The monoisotopic (exact) mass is 534 g/mol. The van der Waals surface area contributed by atoms with Crippen molar-refractivity contribution in [3.05, 3.63) is 133 Å². The van der Waals surface area contributed by atoms with E-state index < -0.39 is 0 Å². The number of hydrogen-bond donors (Lipinski definition) is 0. The van der Waals surface area contributed by atoms with Crippen LogP contribution in [0.2, 0.25) is 0 Å². The van der Waals surface area contributed by atoms with Gasteiger partial charge in [0.2, 0.25) is 0 Å². The number of thiophene rings is 1. The molecule has 0 unspecified atom stereocenters. The highest BCUT2D eigenvalue weighted by Gasteiger charge is 2.21. The van der Waals surface area contributed by atoms with Crippen LogP contribution in [0.15, 0.2) is 138 Å². The van der Waals surface area contributed by atoms with Gasteiger partial charge in [0.05, 0.1) is 4.70 Å². The highest BCUT2D eigenvalue weighted by atomic mass is 32.1. The maximum absolute atomic E-state index is 6.45. The molecule has 4 heteroatoms. The molecule has 0 bridgehead atoms. The summed E-state index contributed by atoms with van der Waals surface area (Å²) in [5.74, 6) is 3.13. The van der Waals surface area contributed by atoms with Gasteiger partial charge in [0, 0.05) is 26.2 Å². The van der Waals surface area contributed by atoms with Crippen LogP contribution in [0.1, 0.15) is 0 Å². The smallest absolute Gasteiger partial charge is 0.178 e. The summed E-state index contributed by atoms with van der Waals surface area (Å²) in [6, 6.07) is 45.0. The van der Waals surface area contributed by atoms with Crippen molar-refractivity contribution >= 4 is 53.4 Å². The zero-order valence-corrected chi connectivity index (χ0v) is 22.2. The average Bonchev–Trinajstić information content (AvgIpc) is 3.59. The Bertz CT molecular complexity index is 2000. The van der Waals surface area contributed by atoms with Gasteiger partial charge in [0.15, 0.2) is 11.3 Å². The molecule has 8 aromatic rings. The number of hydrogen-bond acceptors (Lipinski definition) is 4. The van der Waals surface area contributed by atoms with E-state index in [9.17, 15) is 0 Å². The first kappa shape index (κ1) is 22.9. The van der Waals surface area contributed by atoms with Crippen LogP contribution in [0, 0.1) is 0 Å². The van der Waals surface area contributed by atoms with E-state index in [4.69, 9.17) is 13.9 Å². The van der Waals surface area contributed by atoms with E-state index in [1.165, 1.54) is 15.5 Å². The fraction of sp³-hybridized carbons (Fsp3) is 0. The molecule has 8 rings (SSSR count). The molecule has 0 saturated carbocycles. The zero-order valence-electron chi connectivity index (χ0n) is 21.3. The highest BCUT2D eigenvalue weighted by molar-refractivity contribution is 7.26. The molecule has 3 nitrogen and oxygen atoms in total. The Hall–Kier alpha value is -5.06. The van der Waals surface area contributed by atoms with Crippen molar-refractivity contribution in [1.29, 1.82) is 0 Å². The van der Waals surface area contributed by atoms with Crippen molar-refractivity contribution in [2.75, 3.05) is 0 Å². The van der Waals surface area contributed by atoms with Gasteiger partial charge >= 0.3 is 0 Å². The summed E-state index contributed by atoms with van der Waals surface area (Å²) >= 11 is 1.76. The zero-order chi connectivity index (χ0) is 26.5. The van der Waals surface area contributed by atoms with Crippen LogP contribution >= 0.6 is 11.3 Å². The third-order valence-electron chi connectivity index (χ3n) is 7.21. The van der Waals surface area contributed by atoms with Crippen molar-refractivity contribution in [2.24, 2.45) is 0 Å². The Morgan fingerprint density at radius 2 is 1.05 bits per heavy atom. The lowest BCUT2D eigenvalue weighted by atomic mass is 9.95. The molecule has 40 heavy (non-hydrogen) atoms. The number of fused-ring (bicyclic) bond motifs is 6.